The van der Waals surface area contributed by atoms with E-state index in [0.717, 1.165) is 39.2 Å². The predicted molar refractivity (Wildman–Crippen MR) is 152 cm³/mol. The van der Waals surface area contributed by atoms with Gasteiger partial charge >= 0.3 is 0 Å². The van der Waals surface area contributed by atoms with Gasteiger partial charge in [-0.25, -0.2) is 4.98 Å². The van der Waals surface area contributed by atoms with Gasteiger partial charge in [-0.3, -0.25) is 19.0 Å². The SMILES string of the molecule is COc1cc(-c2nc(C3CC(=O)N(C)C3)n3ccnc(C)c23)ccc1NC(=O)c1cc2c(OC)cccc2n1C. The molecule has 40 heavy (non-hydrogen) atoms. The second kappa shape index (κ2) is 9.71. The highest BCUT2D eigenvalue weighted by molar-refractivity contribution is 6.08. The average molecular weight is 539 g/mol. The number of likely N-dealkylation sites (N-methyl/N-ethyl adjacent to an activating group) is 1. The van der Waals surface area contributed by atoms with Crippen molar-refractivity contribution < 1.29 is 19.1 Å². The molecule has 1 aliphatic rings. The van der Waals surface area contributed by atoms with E-state index < -0.39 is 0 Å². The van der Waals surface area contributed by atoms with E-state index in [9.17, 15) is 9.59 Å². The fourth-order valence-corrected chi connectivity index (χ4v) is 5.60. The third kappa shape index (κ3) is 4.03. The fourth-order valence-electron chi connectivity index (χ4n) is 5.60. The van der Waals surface area contributed by atoms with E-state index in [1.807, 2.05) is 78.6 Å². The van der Waals surface area contributed by atoms with Gasteiger partial charge < -0.3 is 24.3 Å². The normalized spacial score (nSPS) is 15.3. The lowest BCUT2D eigenvalue weighted by molar-refractivity contribution is -0.126. The Morgan fingerprint density at radius 1 is 1.07 bits per heavy atom. The van der Waals surface area contributed by atoms with E-state index in [0.29, 0.717) is 35.8 Å². The average Bonchev–Trinajstić information content (AvgIpc) is 3.62. The van der Waals surface area contributed by atoms with Crippen LogP contribution >= 0.6 is 0 Å². The Morgan fingerprint density at radius 2 is 1.88 bits per heavy atom. The zero-order valence-corrected chi connectivity index (χ0v) is 23.1. The lowest BCUT2D eigenvalue weighted by atomic mass is 10.1. The van der Waals surface area contributed by atoms with Gasteiger partial charge in [-0.05, 0) is 37.3 Å². The molecule has 1 unspecified atom stereocenters. The van der Waals surface area contributed by atoms with Crippen LogP contribution in [0.25, 0.3) is 27.7 Å². The summed E-state index contributed by atoms with van der Waals surface area (Å²) in [6.45, 7) is 2.56. The third-order valence-electron chi connectivity index (χ3n) is 7.69. The van der Waals surface area contributed by atoms with Gasteiger partial charge in [0.1, 0.15) is 23.0 Å². The van der Waals surface area contributed by atoms with Crippen molar-refractivity contribution in [1.82, 2.24) is 23.8 Å². The smallest absolute Gasteiger partial charge is 0.272 e. The molecule has 2 amide bonds. The van der Waals surface area contributed by atoms with Gasteiger partial charge in [-0.1, -0.05) is 12.1 Å². The maximum absolute atomic E-state index is 13.4. The van der Waals surface area contributed by atoms with Gasteiger partial charge in [-0.15, -0.1) is 0 Å². The third-order valence-corrected chi connectivity index (χ3v) is 7.69. The molecule has 10 heteroatoms. The number of methoxy groups -OCH3 is 2. The first-order valence-electron chi connectivity index (χ1n) is 13.0. The van der Waals surface area contributed by atoms with E-state index in [1.54, 1.807) is 25.3 Å². The van der Waals surface area contributed by atoms with Crippen molar-refractivity contribution >= 4 is 33.9 Å². The number of carbonyl (C=O) groups is 2. The number of likely N-dealkylation sites (tertiary alicyclic amines) is 1. The second-order valence-corrected chi connectivity index (χ2v) is 10.1. The number of nitrogens with one attached hydrogen (secondary N) is 1. The van der Waals surface area contributed by atoms with Crippen molar-refractivity contribution in [3.05, 3.63) is 72.1 Å². The van der Waals surface area contributed by atoms with Gasteiger partial charge in [0.05, 0.1) is 42.3 Å². The van der Waals surface area contributed by atoms with Gasteiger partial charge in [0.25, 0.3) is 5.91 Å². The summed E-state index contributed by atoms with van der Waals surface area (Å²) in [7, 11) is 6.85. The Hall–Kier alpha value is -4.86. The van der Waals surface area contributed by atoms with Crippen LogP contribution in [-0.2, 0) is 11.8 Å². The molecular formula is C30H30N6O4. The van der Waals surface area contributed by atoms with Crippen LogP contribution in [0.3, 0.4) is 0 Å². The number of ether oxygens (including phenoxy) is 2. The van der Waals surface area contributed by atoms with Crippen LogP contribution < -0.4 is 14.8 Å². The summed E-state index contributed by atoms with van der Waals surface area (Å²) in [5, 5.41) is 3.86. The van der Waals surface area contributed by atoms with E-state index in [4.69, 9.17) is 14.5 Å². The summed E-state index contributed by atoms with van der Waals surface area (Å²) >= 11 is 0. The molecule has 5 aromatic rings. The number of fused-ring (bicyclic) bond motifs is 2. The van der Waals surface area contributed by atoms with E-state index in [1.165, 1.54) is 0 Å². The summed E-state index contributed by atoms with van der Waals surface area (Å²) < 4.78 is 15.1. The number of anilines is 1. The summed E-state index contributed by atoms with van der Waals surface area (Å²) in [5.74, 6) is 1.87. The van der Waals surface area contributed by atoms with Crippen molar-refractivity contribution in [3.63, 3.8) is 0 Å². The lowest BCUT2D eigenvalue weighted by Crippen LogP contribution is -2.19. The molecule has 0 bridgehead atoms. The highest BCUT2D eigenvalue weighted by Gasteiger charge is 2.32. The van der Waals surface area contributed by atoms with Crippen molar-refractivity contribution in [1.29, 1.82) is 0 Å². The fraction of sp³-hybridized carbons (Fsp3) is 0.267. The summed E-state index contributed by atoms with van der Waals surface area (Å²) in [4.78, 5) is 36.9. The van der Waals surface area contributed by atoms with Gasteiger partial charge in [0, 0.05) is 56.3 Å². The van der Waals surface area contributed by atoms with Gasteiger partial charge in [-0.2, -0.15) is 0 Å². The molecule has 0 spiro atoms. The Labute approximate surface area is 231 Å². The number of imidazole rings is 1. The van der Waals surface area contributed by atoms with Crippen molar-refractivity contribution in [3.8, 4) is 22.8 Å². The highest BCUT2D eigenvalue weighted by atomic mass is 16.5. The molecule has 0 radical (unpaired) electrons. The lowest BCUT2D eigenvalue weighted by Gasteiger charge is -2.12. The Balaban J connectivity index is 1.37. The number of nitrogens with zero attached hydrogens (tertiary/aromatic N) is 5. The monoisotopic (exact) mass is 538 g/mol. The summed E-state index contributed by atoms with van der Waals surface area (Å²) in [5.41, 5.74) is 5.21. The summed E-state index contributed by atoms with van der Waals surface area (Å²) in [6.07, 6.45) is 4.06. The largest absolute Gasteiger partial charge is 0.496 e. The van der Waals surface area contributed by atoms with Crippen molar-refractivity contribution in [2.45, 2.75) is 19.3 Å². The van der Waals surface area contributed by atoms with Crippen LogP contribution in [0.2, 0.25) is 0 Å². The highest BCUT2D eigenvalue weighted by Crippen LogP contribution is 2.37. The minimum absolute atomic E-state index is 0.0135. The number of rotatable bonds is 6. The number of carbonyl (C=O) groups excluding carboxylic acids is 2. The molecule has 1 N–H and O–H groups in total. The van der Waals surface area contributed by atoms with Crippen LogP contribution in [0.1, 0.15) is 34.3 Å². The minimum atomic E-state index is -0.267. The van der Waals surface area contributed by atoms with Crippen LogP contribution in [0.15, 0.2) is 54.9 Å². The molecule has 0 aliphatic carbocycles. The molecule has 1 saturated heterocycles. The number of hydrogen-bond acceptors (Lipinski definition) is 6. The number of amides is 2. The first kappa shape index (κ1) is 25.4. The van der Waals surface area contributed by atoms with Crippen LogP contribution in [0.5, 0.6) is 11.5 Å². The molecule has 6 rings (SSSR count). The minimum Gasteiger partial charge on any atom is -0.496 e. The summed E-state index contributed by atoms with van der Waals surface area (Å²) in [6, 6.07) is 13.1. The molecule has 3 aromatic heterocycles. The number of aromatic nitrogens is 4. The standard InChI is InChI=1S/C30H30N6O4/c1-17-28-27(33-29(36(28)12-11-31-17)19-14-26(37)34(2)16-19)18-9-10-21(25(13-18)40-5)32-30(38)23-15-20-22(35(23)3)7-6-8-24(20)39-4/h6-13,15,19H,14,16H2,1-5H3,(H,32,38). The molecule has 1 fully saturated rings. The second-order valence-electron chi connectivity index (χ2n) is 10.1. The maximum Gasteiger partial charge on any atom is 0.272 e. The molecular weight excluding hydrogens is 508 g/mol. The van der Waals surface area contributed by atoms with Crippen LogP contribution in [0.4, 0.5) is 5.69 Å². The topological polar surface area (TPSA) is 103 Å². The maximum atomic E-state index is 13.4. The Morgan fingerprint density at radius 3 is 2.60 bits per heavy atom. The van der Waals surface area contributed by atoms with Crippen molar-refractivity contribution in [2.24, 2.45) is 7.05 Å². The molecule has 4 heterocycles. The predicted octanol–water partition coefficient (Wildman–Crippen LogP) is 4.41. The Kier molecular flexibility index (Phi) is 6.17. The van der Waals surface area contributed by atoms with Gasteiger partial charge in [0.2, 0.25) is 5.91 Å². The molecule has 2 aromatic carbocycles. The van der Waals surface area contributed by atoms with E-state index in [2.05, 4.69) is 10.3 Å². The molecule has 0 saturated carbocycles. The van der Waals surface area contributed by atoms with Crippen LogP contribution in [-0.4, -0.2) is 63.5 Å². The molecule has 204 valence electrons. The molecule has 1 atom stereocenters. The molecule has 1 aliphatic heterocycles. The van der Waals surface area contributed by atoms with Crippen LogP contribution in [0, 0.1) is 6.92 Å². The molecule has 10 nitrogen and oxygen atoms in total. The zero-order valence-electron chi connectivity index (χ0n) is 23.1. The number of aryl methyl sites for hydroxylation is 2. The van der Waals surface area contributed by atoms with E-state index in [-0.39, 0.29) is 17.7 Å². The number of hydrogen-bond donors (Lipinski definition) is 1. The number of benzene rings is 2. The van der Waals surface area contributed by atoms with Gasteiger partial charge in [0.15, 0.2) is 0 Å². The zero-order chi connectivity index (χ0) is 28.1. The first-order valence-corrected chi connectivity index (χ1v) is 13.0. The Bertz CT molecular complexity index is 1800. The van der Waals surface area contributed by atoms with Crippen molar-refractivity contribution in [2.75, 3.05) is 33.1 Å². The first-order chi connectivity index (χ1) is 19.3. The quantitative estimate of drug-likeness (QED) is 0.344. The van der Waals surface area contributed by atoms with E-state index >= 15 is 0 Å².